The molecule has 5 nitrogen and oxygen atoms in total. The number of rotatable bonds is 7. The lowest BCUT2D eigenvalue weighted by molar-refractivity contribution is -0.118. The normalized spacial score (nSPS) is 13.6. The van der Waals surface area contributed by atoms with E-state index in [0.29, 0.717) is 18.9 Å². The van der Waals surface area contributed by atoms with Crippen molar-refractivity contribution in [3.8, 4) is 0 Å². The molecule has 1 atom stereocenters. The number of nitrogens with one attached hydrogen (secondary N) is 1. The van der Waals surface area contributed by atoms with Gasteiger partial charge in [-0.2, -0.15) is 0 Å². The van der Waals surface area contributed by atoms with Gasteiger partial charge in [0.1, 0.15) is 5.75 Å². The van der Waals surface area contributed by atoms with E-state index in [9.17, 15) is 9.00 Å². The van der Waals surface area contributed by atoms with Gasteiger partial charge in [0.15, 0.2) is 0 Å². The molecule has 0 aromatic heterocycles. The molecule has 6 heteroatoms. The predicted molar refractivity (Wildman–Crippen MR) is 61.0 cm³/mol. The van der Waals surface area contributed by atoms with Crippen LogP contribution in [0.1, 0.15) is 13.8 Å². The van der Waals surface area contributed by atoms with Crippen LogP contribution in [-0.4, -0.2) is 47.4 Å². The number of carbonyl (C=O) groups is 1. The third-order valence-electron chi connectivity index (χ3n) is 1.45. The van der Waals surface area contributed by atoms with E-state index < -0.39 is 16.3 Å². The van der Waals surface area contributed by atoms with Gasteiger partial charge in [-0.25, -0.2) is 0 Å². The van der Waals surface area contributed by atoms with Crippen molar-refractivity contribution in [1.29, 1.82) is 0 Å². The number of ether oxygens (including phenoxy) is 1. The largest absolute Gasteiger partial charge is 0.383 e. The van der Waals surface area contributed by atoms with Crippen LogP contribution in [0.2, 0.25) is 0 Å². The molecule has 1 amide bonds. The van der Waals surface area contributed by atoms with Crippen LogP contribution < -0.4 is 11.1 Å². The summed E-state index contributed by atoms with van der Waals surface area (Å²) >= 11 is 0. The maximum absolute atomic E-state index is 11.4. The Balaban J connectivity index is 3.72. The molecule has 0 heterocycles. The lowest BCUT2D eigenvalue weighted by Gasteiger charge is -2.17. The fourth-order valence-electron chi connectivity index (χ4n) is 0.956. The van der Waals surface area contributed by atoms with E-state index in [1.165, 1.54) is 0 Å². The maximum atomic E-state index is 11.4. The lowest BCUT2D eigenvalue weighted by atomic mass is 10.1. The summed E-state index contributed by atoms with van der Waals surface area (Å²) < 4.78 is 16.2. The van der Waals surface area contributed by atoms with E-state index in [0.717, 1.165) is 0 Å². The summed E-state index contributed by atoms with van der Waals surface area (Å²) in [6.07, 6.45) is 0. The smallest absolute Gasteiger partial charge is 0.232 e. The summed E-state index contributed by atoms with van der Waals surface area (Å²) in [6.45, 7) is 4.47. The average molecular weight is 236 g/mol. The molecular formula is C9H20N2O3S. The number of amides is 1. The van der Waals surface area contributed by atoms with Crippen molar-refractivity contribution in [2.45, 2.75) is 19.4 Å². The highest BCUT2D eigenvalue weighted by Gasteiger charge is 2.17. The lowest BCUT2D eigenvalue weighted by Crippen LogP contribution is -2.40. The zero-order chi connectivity index (χ0) is 11.9. The van der Waals surface area contributed by atoms with E-state index in [4.69, 9.17) is 10.5 Å². The number of carbonyl (C=O) groups excluding carboxylic acids is 1. The first kappa shape index (κ1) is 14.5. The number of hydrogen-bond donors (Lipinski definition) is 2. The number of nitrogens with two attached hydrogens (primary N) is 1. The third-order valence-corrected chi connectivity index (χ3v) is 3.10. The van der Waals surface area contributed by atoms with Crippen LogP contribution in [0.5, 0.6) is 0 Å². The molecule has 0 spiro atoms. The molecule has 0 aliphatic carbocycles. The molecule has 0 rings (SSSR count). The van der Waals surface area contributed by atoms with Crippen molar-refractivity contribution in [3.05, 3.63) is 0 Å². The highest BCUT2D eigenvalue weighted by Crippen LogP contribution is 1.99. The molecule has 0 aliphatic heterocycles. The first-order valence-electron chi connectivity index (χ1n) is 4.74. The van der Waals surface area contributed by atoms with Gasteiger partial charge in [0, 0.05) is 35.7 Å². The highest BCUT2D eigenvalue weighted by molar-refractivity contribution is 7.85. The summed E-state index contributed by atoms with van der Waals surface area (Å²) in [5.74, 6) is 0.101. The van der Waals surface area contributed by atoms with E-state index in [-0.39, 0.29) is 11.7 Å². The van der Waals surface area contributed by atoms with E-state index in [1.807, 2.05) is 0 Å². The Morgan fingerprint density at radius 3 is 2.60 bits per heavy atom. The second-order valence-electron chi connectivity index (χ2n) is 4.06. The zero-order valence-electron chi connectivity index (χ0n) is 9.54. The molecular weight excluding hydrogens is 216 g/mol. The summed E-state index contributed by atoms with van der Waals surface area (Å²) in [4.78, 5) is 11.2. The van der Waals surface area contributed by atoms with Crippen LogP contribution in [0.25, 0.3) is 0 Å². The van der Waals surface area contributed by atoms with Crippen molar-refractivity contribution in [2.75, 3.05) is 31.8 Å². The Hall–Kier alpha value is -0.460. The Morgan fingerprint density at radius 1 is 1.53 bits per heavy atom. The molecule has 0 radical (unpaired) electrons. The standard InChI is InChI=1S/C9H20N2O3S/c1-9(2,10)7-15(13)6-8(12)11-4-5-14-3/h4-7,10H2,1-3H3,(H,11,12). The summed E-state index contributed by atoms with van der Waals surface area (Å²) in [5, 5.41) is 2.60. The van der Waals surface area contributed by atoms with Crippen molar-refractivity contribution in [3.63, 3.8) is 0 Å². The van der Waals surface area contributed by atoms with Crippen LogP contribution in [0.3, 0.4) is 0 Å². The Bertz CT molecular complexity index is 226. The Labute approximate surface area is 93.2 Å². The van der Waals surface area contributed by atoms with Gasteiger partial charge in [-0.05, 0) is 13.8 Å². The molecule has 0 aromatic rings. The maximum Gasteiger partial charge on any atom is 0.232 e. The molecule has 0 saturated heterocycles. The molecule has 90 valence electrons. The van der Waals surface area contributed by atoms with Crippen molar-refractivity contribution < 1.29 is 13.7 Å². The Kier molecular flexibility index (Phi) is 6.71. The van der Waals surface area contributed by atoms with Gasteiger partial charge in [0.05, 0.1) is 6.61 Å². The van der Waals surface area contributed by atoms with Gasteiger partial charge in [-0.1, -0.05) is 0 Å². The highest BCUT2D eigenvalue weighted by atomic mass is 32.2. The molecule has 0 saturated carbocycles. The van der Waals surface area contributed by atoms with Gasteiger partial charge in [-0.15, -0.1) is 0 Å². The van der Waals surface area contributed by atoms with Crippen LogP contribution in [0, 0.1) is 0 Å². The zero-order valence-corrected chi connectivity index (χ0v) is 10.4. The summed E-state index contributed by atoms with van der Waals surface area (Å²) in [5.41, 5.74) is 5.19. The Morgan fingerprint density at radius 2 is 2.13 bits per heavy atom. The molecule has 3 N–H and O–H groups in total. The molecule has 1 unspecified atom stereocenters. The van der Waals surface area contributed by atoms with Crippen molar-refractivity contribution in [1.82, 2.24) is 5.32 Å². The van der Waals surface area contributed by atoms with E-state index in [2.05, 4.69) is 5.32 Å². The van der Waals surface area contributed by atoms with E-state index >= 15 is 0 Å². The molecule has 0 fully saturated rings. The summed E-state index contributed by atoms with van der Waals surface area (Å²) in [6, 6.07) is 0. The topological polar surface area (TPSA) is 81.4 Å². The monoisotopic (exact) mass is 236 g/mol. The van der Waals surface area contributed by atoms with Crippen molar-refractivity contribution in [2.24, 2.45) is 5.73 Å². The van der Waals surface area contributed by atoms with Gasteiger partial charge >= 0.3 is 0 Å². The number of methoxy groups -OCH3 is 1. The van der Waals surface area contributed by atoms with Crippen LogP contribution in [0.4, 0.5) is 0 Å². The molecule has 0 aromatic carbocycles. The fourth-order valence-corrected chi connectivity index (χ4v) is 2.28. The average Bonchev–Trinajstić information content (AvgIpc) is 2.00. The second-order valence-corrected chi connectivity index (χ2v) is 5.52. The minimum absolute atomic E-state index is 0.00431. The number of hydrogen-bond acceptors (Lipinski definition) is 4. The fraction of sp³-hybridized carbons (Fsp3) is 0.889. The molecule has 15 heavy (non-hydrogen) atoms. The van der Waals surface area contributed by atoms with Gasteiger partial charge in [0.25, 0.3) is 0 Å². The first-order chi connectivity index (χ1) is 6.85. The second kappa shape index (κ2) is 6.92. The van der Waals surface area contributed by atoms with Crippen LogP contribution in [-0.2, 0) is 20.3 Å². The minimum Gasteiger partial charge on any atom is -0.383 e. The van der Waals surface area contributed by atoms with Crippen molar-refractivity contribution >= 4 is 16.7 Å². The van der Waals surface area contributed by atoms with Gasteiger partial charge in [0.2, 0.25) is 5.91 Å². The van der Waals surface area contributed by atoms with Crippen LogP contribution >= 0.6 is 0 Å². The SMILES string of the molecule is COCCNC(=O)CS(=O)CC(C)(C)N. The predicted octanol–water partition coefficient (Wildman–Crippen LogP) is -0.765. The minimum atomic E-state index is -1.20. The quantitative estimate of drug-likeness (QED) is 0.569. The van der Waals surface area contributed by atoms with E-state index in [1.54, 1.807) is 21.0 Å². The molecule has 0 aliphatic rings. The van der Waals surface area contributed by atoms with Gasteiger partial charge < -0.3 is 15.8 Å². The van der Waals surface area contributed by atoms with Crippen LogP contribution in [0.15, 0.2) is 0 Å². The third kappa shape index (κ3) is 9.84. The summed E-state index contributed by atoms with van der Waals surface area (Å²) in [7, 11) is 0.354. The first-order valence-corrected chi connectivity index (χ1v) is 6.23. The molecule has 0 bridgehead atoms. The van der Waals surface area contributed by atoms with Gasteiger partial charge in [-0.3, -0.25) is 9.00 Å².